The standard InChI is InChI=1S/C68H46N2/c1-3-16-47(17-4-1)49-32-34-50(35-33-49)52-38-42-58(43-39-52)69(57-40-36-51(37-41-57)48-18-5-2-6-19-48)59-24-14-22-54(45-59)53-21-13-23-55(44-53)61-29-15-31-66-68(61)64-28-11-12-30-65(64)70(66)67-46-56-20-7-8-25-60(56)62-26-9-10-27-63(62)67/h1-46H. The second-order valence-corrected chi connectivity index (χ2v) is 18.1. The molecule has 0 aliphatic carbocycles. The number of hydrogen-bond acceptors (Lipinski definition) is 1. The van der Waals surface area contributed by atoms with Gasteiger partial charge in [0, 0.05) is 33.2 Å². The van der Waals surface area contributed by atoms with Gasteiger partial charge in [0.05, 0.1) is 16.7 Å². The van der Waals surface area contributed by atoms with Crippen LogP contribution in [0.25, 0.3) is 105 Å². The van der Waals surface area contributed by atoms with Gasteiger partial charge in [-0.15, -0.1) is 0 Å². The van der Waals surface area contributed by atoms with Crippen LogP contribution < -0.4 is 4.90 Å². The third kappa shape index (κ3) is 7.31. The fourth-order valence-electron chi connectivity index (χ4n) is 10.6. The largest absolute Gasteiger partial charge is 0.310 e. The molecule has 0 aliphatic heterocycles. The molecule has 328 valence electrons. The lowest BCUT2D eigenvalue weighted by molar-refractivity contribution is 1.20. The Kier molecular flexibility index (Phi) is 10.2. The maximum Gasteiger partial charge on any atom is 0.0547 e. The van der Waals surface area contributed by atoms with Gasteiger partial charge in [0.15, 0.2) is 0 Å². The van der Waals surface area contributed by atoms with E-state index in [0.717, 1.165) is 28.2 Å². The summed E-state index contributed by atoms with van der Waals surface area (Å²) in [5.74, 6) is 0. The SMILES string of the molecule is c1ccc(-c2ccc(-c3ccc(N(c4ccc(-c5ccccc5)cc4)c4cccc(-c5cccc(-c6cccc7c6c6ccccc6n7-c6cc7ccccc7c7ccccc67)c5)c4)cc3)cc2)cc1. The summed E-state index contributed by atoms with van der Waals surface area (Å²) < 4.78 is 2.48. The normalized spacial score (nSPS) is 11.4. The summed E-state index contributed by atoms with van der Waals surface area (Å²) in [6.45, 7) is 0. The van der Waals surface area contributed by atoms with E-state index in [1.807, 2.05) is 0 Å². The quantitative estimate of drug-likeness (QED) is 0.131. The fraction of sp³-hybridized carbons (Fsp3) is 0. The van der Waals surface area contributed by atoms with E-state index >= 15 is 0 Å². The lowest BCUT2D eigenvalue weighted by atomic mass is 9.95. The van der Waals surface area contributed by atoms with E-state index in [1.165, 1.54) is 93.5 Å². The minimum Gasteiger partial charge on any atom is -0.310 e. The number of anilines is 3. The van der Waals surface area contributed by atoms with Crippen LogP contribution in [0.3, 0.4) is 0 Å². The molecular weight excluding hydrogens is 845 g/mol. The van der Waals surface area contributed by atoms with Crippen LogP contribution in [0.1, 0.15) is 0 Å². The van der Waals surface area contributed by atoms with Gasteiger partial charge in [-0.1, -0.05) is 218 Å². The maximum atomic E-state index is 2.48. The van der Waals surface area contributed by atoms with Crippen LogP contribution in [0, 0.1) is 0 Å². The van der Waals surface area contributed by atoms with Gasteiger partial charge in [0.1, 0.15) is 0 Å². The first kappa shape index (κ1) is 41.0. The molecule has 0 bridgehead atoms. The topological polar surface area (TPSA) is 8.17 Å². The zero-order valence-corrected chi connectivity index (χ0v) is 38.5. The zero-order chi connectivity index (χ0) is 46.4. The molecule has 0 aliphatic rings. The van der Waals surface area contributed by atoms with Crippen molar-refractivity contribution in [2.24, 2.45) is 0 Å². The summed E-state index contributed by atoms with van der Waals surface area (Å²) >= 11 is 0. The highest BCUT2D eigenvalue weighted by molar-refractivity contribution is 6.18. The molecule has 0 atom stereocenters. The van der Waals surface area contributed by atoms with Crippen molar-refractivity contribution in [3.05, 3.63) is 279 Å². The van der Waals surface area contributed by atoms with Crippen molar-refractivity contribution in [1.82, 2.24) is 4.57 Å². The van der Waals surface area contributed by atoms with Gasteiger partial charge >= 0.3 is 0 Å². The van der Waals surface area contributed by atoms with Crippen LogP contribution in [-0.2, 0) is 0 Å². The molecule has 0 amide bonds. The van der Waals surface area contributed by atoms with Crippen molar-refractivity contribution < 1.29 is 0 Å². The second kappa shape index (κ2) is 17.4. The van der Waals surface area contributed by atoms with Crippen molar-refractivity contribution >= 4 is 60.4 Å². The second-order valence-electron chi connectivity index (χ2n) is 18.1. The Labute approximate surface area is 408 Å². The molecule has 2 nitrogen and oxygen atoms in total. The lowest BCUT2D eigenvalue weighted by Crippen LogP contribution is -2.10. The van der Waals surface area contributed by atoms with Crippen molar-refractivity contribution in [2.45, 2.75) is 0 Å². The van der Waals surface area contributed by atoms with E-state index in [-0.39, 0.29) is 0 Å². The number of hydrogen-bond donors (Lipinski definition) is 0. The van der Waals surface area contributed by atoms with Gasteiger partial charge in [0.2, 0.25) is 0 Å². The van der Waals surface area contributed by atoms with Gasteiger partial charge in [-0.25, -0.2) is 0 Å². The number of benzene rings is 12. The molecule has 12 aromatic carbocycles. The van der Waals surface area contributed by atoms with Gasteiger partial charge < -0.3 is 9.47 Å². The number of aromatic nitrogens is 1. The van der Waals surface area contributed by atoms with Crippen molar-refractivity contribution in [3.63, 3.8) is 0 Å². The zero-order valence-electron chi connectivity index (χ0n) is 38.5. The van der Waals surface area contributed by atoms with E-state index in [4.69, 9.17) is 0 Å². The summed E-state index contributed by atoms with van der Waals surface area (Å²) in [7, 11) is 0. The Morgan fingerprint density at radius 1 is 0.243 bits per heavy atom. The van der Waals surface area contributed by atoms with Gasteiger partial charge in [-0.05, 0) is 132 Å². The monoisotopic (exact) mass is 890 g/mol. The third-order valence-corrected chi connectivity index (χ3v) is 14.0. The third-order valence-electron chi connectivity index (χ3n) is 14.0. The molecule has 0 N–H and O–H groups in total. The van der Waals surface area contributed by atoms with Gasteiger partial charge in [-0.2, -0.15) is 0 Å². The summed E-state index contributed by atoms with van der Waals surface area (Å²) in [6, 6.07) is 102. The van der Waals surface area contributed by atoms with Crippen LogP contribution in [0.15, 0.2) is 279 Å². The average Bonchev–Trinajstić information content (AvgIpc) is 3.78. The predicted octanol–water partition coefficient (Wildman–Crippen LogP) is 18.9. The van der Waals surface area contributed by atoms with Crippen molar-refractivity contribution in [1.29, 1.82) is 0 Å². The number of para-hydroxylation sites is 1. The minimum absolute atomic E-state index is 1.09. The Bertz CT molecular complexity index is 4020. The molecular formula is C68H46N2. The number of nitrogens with zero attached hydrogens (tertiary/aromatic N) is 2. The van der Waals surface area contributed by atoms with Crippen LogP contribution in [-0.4, -0.2) is 4.57 Å². The first-order valence-corrected chi connectivity index (χ1v) is 24.1. The highest BCUT2D eigenvalue weighted by Crippen LogP contribution is 2.43. The fourth-order valence-corrected chi connectivity index (χ4v) is 10.6. The predicted molar refractivity (Wildman–Crippen MR) is 298 cm³/mol. The van der Waals surface area contributed by atoms with Crippen molar-refractivity contribution in [3.8, 4) is 61.3 Å². The molecule has 0 saturated carbocycles. The van der Waals surface area contributed by atoms with Crippen LogP contribution in [0.2, 0.25) is 0 Å². The van der Waals surface area contributed by atoms with Crippen LogP contribution in [0.4, 0.5) is 17.1 Å². The summed E-state index contributed by atoms with van der Waals surface area (Å²) in [4.78, 5) is 2.37. The summed E-state index contributed by atoms with van der Waals surface area (Å²) in [6.07, 6.45) is 0. The maximum absolute atomic E-state index is 2.48. The minimum atomic E-state index is 1.09. The smallest absolute Gasteiger partial charge is 0.0547 e. The molecule has 13 rings (SSSR count). The molecule has 0 unspecified atom stereocenters. The summed E-state index contributed by atoms with van der Waals surface area (Å²) in [5.41, 5.74) is 18.7. The van der Waals surface area contributed by atoms with E-state index < -0.39 is 0 Å². The molecule has 1 heterocycles. The molecule has 70 heavy (non-hydrogen) atoms. The highest BCUT2D eigenvalue weighted by Gasteiger charge is 2.20. The lowest BCUT2D eigenvalue weighted by Gasteiger charge is -2.26. The van der Waals surface area contributed by atoms with Crippen LogP contribution in [0.5, 0.6) is 0 Å². The number of rotatable bonds is 9. The summed E-state index contributed by atoms with van der Waals surface area (Å²) in [5, 5.41) is 7.49. The number of fused-ring (bicyclic) bond motifs is 6. The molecule has 1 aromatic heterocycles. The van der Waals surface area contributed by atoms with Crippen molar-refractivity contribution in [2.75, 3.05) is 4.90 Å². The Morgan fingerprint density at radius 3 is 1.33 bits per heavy atom. The molecule has 0 spiro atoms. The Balaban J connectivity index is 0.896. The van der Waals surface area contributed by atoms with E-state index in [0.29, 0.717) is 0 Å². The molecule has 0 fully saturated rings. The van der Waals surface area contributed by atoms with E-state index in [1.54, 1.807) is 0 Å². The van der Waals surface area contributed by atoms with Gasteiger partial charge in [-0.3, -0.25) is 0 Å². The Hall–Kier alpha value is -9.24. The van der Waals surface area contributed by atoms with Crippen LogP contribution >= 0.6 is 0 Å². The van der Waals surface area contributed by atoms with E-state index in [2.05, 4.69) is 289 Å². The molecule has 13 aromatic rings. The average molecular weight is 891 g/mol. The van der Waals surface area contributed by atoms with Gasteiger partial charge in [0.25, 0.3) is 0 Å². The first-order chi connectivity index (χ1) is 34.7. The Morgan fingerprint density at radius 2 is 0.686 bits per heavy atom. The molecule has 0 saturated heterocycles. The van der Waals surface area contributed by atoms with E-state index in [9.17, 15) is 0 Å². The first-order valence-electron chi connectivity index (χ1n) is 24.1. The highest BCUT2D eigenvalue weighted by atomic mass is 15.1. The molecule has 0 radical (unpaired) electrons. The molecule has 2 heteroatoms.